The van der Waals surface area contributed by atoms with Gasteiger partial charge >= 0.3 is 5.97 Å². The predicted molar refractivity (Wildman–Crippen MR) is 109 cm³/mol. The summed E-state index contributed by atoms with van der Waals surface area (Å²) in [5, 5.41) is 19.0. The molecule has 146 valence electrons. The fourth-order valence-electron chi connectivity index (χ4n) is 2.97. The van der Waals surface area contributed by atoms with Crippen LogP contribution in [0.1, 0.15) is 22.3 Å². The minimum atomic E-state index is -1.71. The smallest absolute Gasteiger partial charge is 0.376 e. The molecule has 0 atom stereocenters. The van der Waals surface area contributed by atoms with Crippen molar-refractivity contribution in [2.45, 2.75) is 13.0 Å². The highest BCUT2D eigenvalue weighted by molar-refractivity contribution is 6.38. The van der Waals surface area contributed by atoms with E-state index in [-0.39, 0.29) is 12.1 Å². The second kappa shape index (κ2) is 8.84. The normalized spacial score (nSPS) is 11.2. The van der Waals surface area contributed by atoms with Crippen LogP contribution in [0.2, 0.25) is 0 Å². The Morgan fingerprint density at radius 1 is 0.862 bits per heavy atom. The molecule has 2 aromatic carbocycles. The van der Waals surface area contributed by atoms with Crippen LogP contribution in [-0.4, -0.2) is 26.5 Å². The Labute approximate surface area is 167 Å². The van der Waals surface area contributed by atoms with Gasteiger partial charge in [0.2, 0.25) is 0 Å². The number of carboxylic acid groups (broad SMARTS) is 1. The van der Waals surface area contributed by atoms with E-state index in [0.717, 1.165) is 16.7 Å². The van der Waals surface area contributed by atoms with E-state index >= 15 is 0 Å². The van der Waals surface area contributed by atoms with Crippen molar-refractivity contribution in [3.05, 3.63) is 112 Å². The van der Waals surface area contributed by atoms with E-state index in [4.69, 9.17) is 5.11 Å². The van der Waals surface area contributed by atoms with Gasteiger partial charge < -0.3 is 14.8 Å². The second-order valence-corrected chi connectivity index (χ2v) is 6.54. The van der Waals surface area contributed by atoms with Crippen LogP contribution in [0.5, 0.6) is 0 Å². The first-order chi connectivity index (χ1) is 13.9. The minimum absolute atomic E-state index is 0.121. The fourth-order valence-corrected chi connectivity index (χ4v) is 2.97. The van der Waals surface area contributed by atoms with Gasteiger partial charge in [-0.15, -0.1) is 0 Å². The lowest BCUT2D eigenvalue weighted by Gasteiger charge is -2.12. The third kappa shape index (κ3) is 5.07. The summed E-state index contributed by atoms with van der Waals surface area (Å²) < 4.78 is 1.44. The number of ketones is 1. The fraction of sp³-hybridized carbons (Fsp3) is 0.0870. The summed E-state index contributed by atoms with van der Waals surface area (Å²) in [5.41, 5.74) is 2.00. The Morgan fingerprint density at radius 3 is 2.03 bits per heavy atom. The number of carbonyl (C=O) groups excluding carboxylic acids is 1. The van der Waals surface area contributed by atoms with E-state index in [1.165, 1.54) is 10.6 Å². The number of aliphatic hydroxyl groups is 1. The third-order valence-corrected chi connectivity index (χ3v) is 4.34. The van der Waals surface area contributed by atoms with E-state index in [9.17, 15) is 19.5 Å². The van der Waals surface area contributed by atoms with Gasteiger partial charge in [0, 0.05) is 12.3 Å². The van der Waals surface area contributed by atoms with Crippen LogP contribution in [0.25, 0.3) is 5.76 Å². The average molecular weight is 389 g/mol. The molecule has 0 amide bonds. The van der Waals surface area contributed by atoms with Crippen molar-refractivity contribution in [1.82, 2.24) is 4.57 Å². The lowest BCUT2D eigenvalue weighted by atomic mass is 10.0. The predicted octanol–water partition coefficient (Wildman–Crippen LogP) is 3.04. The first-order valence-corrected chi connectivity index (χ1v) is 8.93. The molecule has 0 saturated carbocycles. The first kappa shape index (κ1) is 19.8. The lowest BCUT2D eigenvalue weighted by Crippen LogP contribution is -2.25. The Bertz CT molecular complexity index is 1120. The summed E-state index contributed by atoms with van der Waals surface area (Å²) in [5.74, 6) is -3.68. The maximum Gasteiger partial charge on any atom is 0.376 e. The quantitative estimate of drug-likeness (QED) is 0.368. The zero-order valence-electron chi connectivity index (χ0n) is 15.5. The highest BCUT2D eigenvalue weighted by Gasteiger charge is 2.15. The van der Waals surface area contributed by atoms with Crippen LogP contribution in [0.15, 0.2) is 83.8 Å². The Kier molecular flexibility index (Phi) is 6.04. The highest BCUT2D eigenvalue weighted by Crippen LogP contribution is 2.15. The molecule has 0 fully saturated rings. The van der Waals surface area contributed by atoms with Crippen LogP contribution in [0, 0.1) is 0 Å². The standard InChI is InChI=1S/C23H19NO5/c25-20(13-21(26)23(28)29)19-12-18(11-16-7-3-1-4-8-16)15-24(22(19)27)14-17-9-5-2-6-10-17/h1-10,12-13,15,25H,11,14H2,(H,28,29)/b20-13-. The molecule has 0 aliphatic rings. The zero-order valence-corrected chi connectivity index (χ0v) is 15.5. The van der Waals surface area contributed by atoms with Gasteiger partial charge in [0.15, 0.2) is 0 Å². The van der Waals surface area contributed by atoms with Crippen molar-refractivity contribution in [3.63, 3.8) is 0 Å². The molecule has 0 radical (unpaired) electrons. The number of hydrogen-bond donors (Lipinski definition) is 2. The number of pyridine rings is 1. The summed E-state index contributed by atoms with van der Waals surface area (Å²) in [7, 11) is 0. The maximum absolute atomic E-state index is 12.9. The van der Waals surface area contributed by atoms with Gasteiger partial charge in [-0.1, -0.05) is 60.7 Å². The highest BCUT2D eigenvalue weighted by atomic mass is 16.4. The number of aliphatic carboxylic acids is 1. The number of aliphatic hydroxyl groups excluding tert-OH is 1. The monoisotopic (exact) mass is 389 g/mol. The Hall–Kier alpha value is -3.93. The zero-order chi connectivity index (χ0) is 20.8. The molecule has 0 unspecified atom stereocenters. The number of aromatic nitrogens is 1. The molecule has 6 heteroatoms. The maximum atomic E-state index is 12.9. The molecule has 3 rings (SSSR count). The molecular formula is C23H19NO5. The summed E-state index contributed by atoms with van der Waals surface area (Å²) >= 11 is 0. The molecule has 6 nitrogen and oxygen atoms in total. The molecule has 0 aliphatic heterocycles. The van der Waals surface area contributed by atoms with Crippen molar-refractivity contribution in [2.75, 3.05) is 0 Å². The van der Waals surface area contributed by atoms with E-state index in [2.05, 4.69) is 0 Å². The SMILES string of the molecule is O=C(O)C(=O)/C=C(\O)c1cc(Cc2ccccc2)cn(Cc2ccccc2)c1=O. The molecule has 1 heterocycles. The molecule has 0 saturated heterocycles. The third-order valence-electron chi connectivity index (χ3n) is 4.34. The molecular weight excluding hydrogens is 370 g/mol. The lowest BCUT2D eigenvalue weighted by molar-refractivity contribution is -0.146. The van der Waals surface area contributed by atoms with Crippen molar-refractivity contribution in [1.29, 1.82) is 0 Å². The van der Waals surface area contributed by atoms with E-state index < -0.39 is 23.1 Å². The van der Waals surface area contributed by atoms with Crippen LogP contribution in [0.3, 0.4) is 0 Å². The summed E-state index contributed by atoms with van der Waals surface area (Å²) in [4.78, 5) is 35.1. The molecule has 2 N–H and O–H groups in total. The summed E-state index contributed by atoms with van der Waals surface area (Å²) in [6.45, 7) is 0.273. The van der Waals surface area contributed by atoms with Crippen LogP contribution < -0.4 is 5.56 Å². The van der Waals surface area contributed by atoms with E-state index in [0.29, 0.717) is 12.5 Å². The van der Waals surface area contributed by atoms with Crippen molar-refractivity contribution < 1.29 is 19.8 Å². The molecule has 3 aromatic rings. The number of benzene rings is 2. The first-order valence-electron chi connectivity index (χ1n) is 8.93. The van der Waals surface area contributed by atoms with Gasteiger partial charge in [0.25, 0.3) is 11.3 Å². The topological polar surface area (TPSA) is 96.6 Å². The van der Waals surface area contributed by atoms with Gasteiger partial charge in [-0.2, -0.15) is 0 Å². The Balaban J connectivity index is 2.07. The molecule has 0 bridgehead atoms. The van der Waals surface area contributed by atoms with Gasteiger partial charge in [-0.25, -0.2) is 4.79 Å². The summed E-state index contributed by atoms with van der Waals surface area (Å²) in [6.07, 6.45) is 2.76. The van der Waals surface area contributed by atoms with Gasteiger partial charge in [-0.3, -0.25) is 9.59 Å². The minimum Gasteiger partial charge on any atom is -0.507 e. The molecule has 0 aliphatic carbocycles. The number of rotatable bonds is 7. The van der Waals surface area contributed by atoms with E-state index in [1.54, 1.807) is 6.20 Å². The van der Waals surface area contributed by atoms with Crippen LogP contribution in [-0.2, 0) is 22.6 Å². The van der Waals surface area contributed by atoms with Gasteiger partial charge in [-0.05, 0) is 29.2 Å². The average Bonchev–Trinajstić information content (AvgIpc) is 2.71. The Morgan fingerprint density at radius 2 is 1.45 bits per heavy atom. The number of nitrogens with zero attached hydrogens (tertiary/aromatic N) is 1. The number of carboxylic acids is 1. The summed E-state index contributed by atoms with van der Waals surface area (Å²) in [6, 6.07) is 20.4. The van der Waals surface area contributed by atoms with Gasteiger partial charge in [0.05, 0.1) is 12.1 Å². The largest absolute Gasteiger partial charge is 0.507 e. The van der Waals surface area contributed by atoms with Crippen molar-refractivity contribution in [2.24, 2.45) is 0 Å². The molecule has 0 spiro atoms. The van der Waals surface area contributed by atoms with Crippen molar-refractivity contribution in [3.8, 4) is 0 Å². The molecule has 29 heavy (non-hydrogen) atoms. The second-order valence-electron chi connectivity index (χ2n) is 6.54. The van der Waals surface area contributed by atoms with Crippen molar-refractivity contribution >= 4 is 17.5 Å². The number of hydrogen-bond acceptors (Lipinski definition) is 4. The van der Waals surface area contributed by atoms with Crippen LogP contribution in [0.4, 0.5) is 0 Å². The number of carbonyl (C=O) groups is 2. The van der Waals surface area contributed by atoms with Crippen LogP contribution >= 0.6 is 0 Å². The van der Waals surface area contributed by atoms with Gasteiger partial charge in [0.1, 0.15) is 5.76 Å². The molecule has 1 aromatic heterocycles. The van der Waals surface area contributed by atoms with E-state index in [1.807, 2.05) is 60.7 Å².